The standard InChI is InChI=1S/C14H27N5.HI/c1-10-12(11(2)19(6)18-10)8-7-9-16-13(15)17-14(3,4)5;/h7-9H2,1-6H3,(H3,15,16,17);1H. The average molecular weight is 393 g/mol. The molecule has 6 heteroatoms. The molecule has 5 nitrogen and oxygen atoms in total. The first-order valence-electron chi connectivity index (χ1n) is 6.78. The molecule has 0 amide bonds. The van der Waals surface area contributed by atoms with Gasteiger partial charge < -0.3 is 11.1 Å². The number of aliphatic imine (C=N–C) groups is 1. The Morgan fingerprint density at radius 1 is 1.35 bits per heavy atom. The SMILES string of the molecule is Cc1nn(C)c(C)c1CCCN=C(N)NC(C)(C)C.I. The highest BCUT2D eigenvalue weighted by atomic mass is 127. The van der Waals surface area contributed by atoms with Crippen LogP contribution in [0.4, 0.5) is 0 Å². The highest BCUT2D eigenvalue weighted by molar-refractivity contribution is 14.0. The van der Waals surface area contributed by atoms with E-state index < -0.39 is 0 Å². The number of aryl methyl sites for hydroxylation is 2. The van der Waals surface area contributed by atoms with Gasteiger partial charge in [0.15, 0.2) is 5.96 Å². The van der Waals surface area contributed by atoms with Crippen LogP contribution in [-0.2, 0) is 13.5 Å². The van der Waals surface area contributed by atoms with Gasteiger partial charge in [0.05, 0.1) is 5.69 Å². The van der Waals surface area contributed by atoms with Crippen molar-refractivity contribution < 1.29 is 0 Å². The van der Waals surface area contributed by atoms with E-state index in [1.54, 1.807) is 0 Å². The van der Waals surface area contributed by atoms with Crippen molar-refractivity contribution in [2.24, 2.45) is 17.8 Å². The maximum atomic E-state index is 5.83. The number of hydrogen-bond acceptors (Lipinski definition) is 2. The smallest absolute Gasteiger partial charge is 0.188 e. The fourth-order valence-corrected chi connectivity index (χ4v) is 2.06. The number of halogens is 1. The third-order valence-electron chi connectivity index (χ3n) is 3.03. The number of nitrogens with two attached hydrogens (primary N) is 1. The quantitative estimate of drug-likeness (QED) is 0.357. The minimum absolute atomic E-state index is 0. The first kappa shape index (κ1) is 19.2. The number of nitrogens with zero attached hydrogens (tertiary/aromatic N) is 3. The van der Waals surface area contributed by atoms with E-state index in [0.29, 0.717) is 5.96 Å². The van der Waals surface area contributed by atoms with Crippen LogP contribution in [0.5, 0.6) is 0 Å². The van der Waals surface area contributed by atoms with Gasteiger partial charge in [0, 0.05) is 24.8 Å². The second kappa shape index (κ2) is 7.85. The Labute approximate surface area is 139 Å². The molecule has 0 fully saturated rings. The summed E-state index contributed by atoms with van der Waals surface area (Å²) in [6, 6.07) is 0. The van der Waals surface area contributed by atoms with Crippen LogP contribution in [0.25, 0.3) is 0 Å². The predicted octanol–water partition coefficient (Wildman–Crippen LogP) is 2.29. The summed E-state index contributed by atoms with van der Waals surface area (Å²) in [6.45, 7) is 11.1. The van der Waals surface area contributed by atoms with Gasteiger partial charge in [0.25, 0.3) is 0 Å². The topological polar surface area (TPSA) is 68.2 Å². The summed E-state index contributed by atoms with van der Waals surface area (Å²) in [5.41, 5.74) is 9.48. The molecule has 1 heterocycles. The molecule has 0 atom stereocenters. The molecular weight excluding hydrogens is 365 g/mol. The zero-order chi connectivity index (χ0) is 14.6. The summed E-state index contributed by atoms with van der Waals surface area (Å²) >= 11 is 0. The zero-order valence-corrected chi connectivity index (χ0v) is 15.8. The molecular formula is C14H28IN5. The molecule has 0 aliphatic heterocycles. The maximum absolute atomic E-state index is 5.83. The van der Waals surface area contributed by atoms with Crippen LogP contribution < -0.4 is 11.1 Å². The van der Waals surface area contributed by atoms with Gasteiger partial charge in [-0.2, -0.15) is 5.10 Å². The van der Waals surface area contributed by atoms with Crippen molar-refractivity contribution in [1.29, 1.82) is 0 Å². The first-order valence-corrected chi connectivity index (χ1v) is 6.78. The van der Waals surface area contributed by atoms with Crippen LogP contribution in [0.3, 0.4) is 0 Å². The monoisotopic (exact) mass is 393 g/mol. The van der Waals surface area contributed by atoms with Gasteiger partial charge in [-0.3, -0.25) is 9.67 Å². The van der Waals surface area contributed by atoms with Crippen molar-refractivity contribution in [1.82, 2.24) is 15.1 Å². The molecule has 3 N–H and O–H groups in total. The van der Waals surface area contributed by atoms with Crippen molar-refractivity contribution in [2.75, 3.05) is 6.54 Å². The van der Waals surface area contributed by atoms with Crippen LogP contribution in [0.15, 0.2) is 4.99 Å². The van der Waals surface area contributed by atoms with E-state index in [0.717, 1.165) is 25.1 Å². The normalized spacial score (nSPS) is 12.2. The number of nitrogens with one attached hydrogen (secondary N) is 1. The van der Waals surface area contributed by atoms with Crippen LogP contribution in [-0.4, -0.2) is 27.8 Å². The molecule has 116 valence electrons. The van der Waals surface area contributed by atoms with Crippen molar-refractivity contribution in [3.63, 3.8) is 0 Å². The van der Waals surface area contributed by atoms with Crippen molar-refractivity contribution in [3.8, 4) is 0 Å². The van der Waals surface area contributed by atoms with Crippen LogP contribution in [0, 0.1) is 13.8 Å². The minimum atomic E-state index is -0.0376. The summed E-state index contributed by atoms with van der Waals surface area (Å²) in [5.74, 6) is 0.520. The lowest BCUT2D eigenvalue weighted by Crippen LogP contribution is -2.45. The minimum Gasteiger partial charge on any atom is -0.370 e. The Morgan fingerprint density at radius 3 is 2.40 bits per heavy atom. The summed E-state index contributed by atoms with van der Waals surface area (Å²) in [5, 5.41) is 7.57. The lowest BCUT2D eigenvalue weighted by molar-refractivity contribution is 0.508. The fraction of sp³-hybridized carbons (Fsp3) is 0.714. The number of rotatable bonds is 4. The van der Waals surface area contributed by atoms with E-state index in [2.05, 4.69) is 50.0 Å². The number of hydrogen-bond donors (Lipinski definition) is 2. The molecule has 0 radical (unpaired) electrons. The molecule has 0 aliphatic carbocycles. The van der Waals surface area contributed by atoms with E-state index in [-0.39, 0.29) is 29.5 Å². The van der Waals surface area contributed by atoms with Gasteiger partial charge in [-0.15, -0.1) is 24.0 Å². The number of guanidine groups is 1. The second-order valence-electron chi connectivity index (χ2n) is 6.02. The van der Waals surface area contributed by atoms with E-state index >= 15 is 0 Å². The van der Waals surface area contributed by atoms with Crippen molar-refractivity contribution in [3.05, 3.63) is 17.0 Å². The lowest BCUT2D eigenvalue weighted by Gasteiger charge is -2.20. The molecule has 0 saturated heterocycles. The molecule has 0 spiro atoms. The Hall–Kier alpha value is -0.790. The Bertz CT molecular complexity index is 457. The van der Waals surface area contributed by atoms with Crippen molar-refractivity contribution >= 4 is 29.9 Å². The highest BCUT2D eigenvalue weighted by Gasteiger charge is 2.10. The summed E-state index contributed by atoms with van der Waals surface area (Å²) in [6.07, 6.45) is 1.98. The van der Waals surface area contributed by atoms with Crippen LogP contribution >= 0.6 is 24.0 Å². The largest absolute Gasteiger partial charge is 0.370 e. The van der Waals surface area contributed by atoms with E-state index in [1.807, 2.05) is 11.7 Å². The Kier molecular flexibility index (Phi) is 7.54. The van der Waals surface area contributed by atoms with Gasteiger partial charge in [-0.1, -0.05) is 0 Å². The molecule has 0 aromatic carbocycles. The highest BCUT2D eigenvalue weighted by Crippen LogP contribution is 2.13. The average Bonchev–Trinajstić information content (AvgIpc) is 2.47. The molecule has 1 rings (SSSR count). The van der Waals surface area contributed by atoms with Gasteiger partial charge >= 0.3 is 0 Å². The molecule has 1 aromatic heterocycles. The Morgan fingerprint density at radius 2 is 1.95 bits per heavy atom. The third-order valence-corrected chi connectivity index (χ3v) is 3.03. The van der Waals surface area contributed by atoms with Crippen LogP contribution in [0.1, 0.15) is 44.1 Å². The second-order valence-corrected chi connectivity index (χ2v) is 6.02. The molecule has 0 aliphatic rings. The molecule has 1 aromatic rings. The van der Waals surface area contributed by atoms with Gasteiger partial charge in [-0.25, -0.2) is 0 Å². The van der Waals surface area contributed by atoms with E-state index in [4.69, 9.17) is 5.73 Å². The summed E-state index contributed by atoms with van der Waals surface area (Å²) in [7, 11) is 1.98. The molecule has 0 unspecified atom stereocenters. The van der Waals surface area contributed by atoms with Gasteiger partial charge in [0.2, 0.25) is 0 Å². The first-order chi connectivity index (χ1) is 8.70. The van der Waals surface area contributed by atoms with Gasteiger partial charge in [0.1, 0.15) is 0 Å². The lowest BCUT2D eigenvalue weighted by atomic mass is 10.1. The predicted molar refractivity (Wildman–Crippen MR) is 95.8 cm³/mol. The van der Waals surface area contributed by atoms with E-state index in [1.165, 1.54) is 11.3 Å². The summed E-state index contributed by atoms with van der Waals surface area (Å²) in [4.78, 5) is 4.35. The van der Waals surface area contributed by atoms with Crippen LogP contribution in [0.2, 0.25) is 0 Å². The number of aromatic nitrogens is 2. The van der Waals surface area contributed by atoms with Gasteiger partial charge in [-0.05, 0) is 53.0 Å². The third kappa shape index (κ3) is 6.11. The maximum Gasteiger partial charge on any atom is 0.188 e. The molecule has 0 saturated carbocycles. The molecule has 0 bridgehead atoms. The zero-order valence-electron chi connectivity index (χ0n) is 13.4. The Balaban J connectivity index is 0.00000361. The summed E-state index contributed by atoms with van der Waals surface area (Å²) < 4.78 is 1.93. The van der Waals surface area contributed by atoms with Crippen molar-refractivity contribution in [2.45, 2.75) is 53.0 Å². The van der Waals surface area contributed by atoms with E-state index in [9.17, 15) is 0 Å². The molecule has 20 heavy (non-hydrogen) atoms. The fourth-order valence-electron chi connectivity index (χ4n) is 2.06.